The van der Waals surface area contributed by atoms with Crippen LogP contribution in [0.25, 0.3) is 0 Å². The largest absolute Gasteiger partial charge is 0.389 e. The molecule has 7 nitrogen and oxygen atoms in total. The molecular weight excluding hydrogens is 481 g/mol. The van der Waals surface area contributed by atoms with Crippen molar-refractivity contribution >= 4 is 29.9 Å². The second kappa shape index (κ2) is 14.4. The summed E-state index contributed by atoms with van der Waals surface area (Å²) in [5.41, 5.74) is 2.34. The van der Waals surface area contributed by atoms with Crippen molar-refractivity contribution in [3.8, 4) is 0 Å². The number of hydrogen-bond acceptors (Lipinski definition) is 4. The molecule has 0 saturated heterocycles. The number of halogens is 1. The van der Waals surface area contributed by atoms with Crippen LogP contribution in [0.3, 0.4) is 0 Å². The zero-order valence-electron chi connectivity index (χ0n) is 17.5. The highest BCUT2D eigenvalue weighted by atomic mass is 127. The molecule has 0 aliphatic carbocycles. The quantitative estimate of drug-likeness (QED) is 0.244. The van der Waals surface area contributed by atoms with Gasteiger partial charge in [-0.3, -0.25) is 4.68 Å². The zero-order valence-corrected chi connectivity index (χ0v) is 19.9. The van der Waals surface area contributed by atoms with Gasteiger partial charge < -0.3 is 20.5 Å². The average Bonchev–Trinajstić information content (AvgIpc) is 3.18. The van der Waals surface area contributed by atoms with Crippen molar-refractivity contribution in [1.82, 2.24) is 20.4 Å². The molecule has 0 radical (unpaired) electrons. The molecule has 1 unspecified atom stereocenters. The van der Waals surface area contributed by atoms with E-state index < -0.39 is 6.10 Å². The number of ether oxygens (including phenoxy) is 1. The van der Waals surface area contributed by atoms with Gasteiger partial charge in [-0.1, -0.05) is 38.1 Å². The lowest BCUT2D eigenvalue weighted by Gasteiger charge is -2.16. The van der Waals surface area contributed by atoms with Crippen molar-refractivity contribution in [2.75, 3.05) is 26.3 Å². The SMILES string of the molecule is CCNC(=NCc1ccccc1Cn1cccn1)NCC(O)COCC(C)C.I. The van der Waals surface area contributed by atoms with Crippen molar-refractivity contribution in [3.05, 3.63) is 53.9 Å². The fraction of sp³-hybridized carbons (Fsp3) is 0.524. The first kappa shape index (κ1) is 25.4. The lowest BCUT2D eigenvalue weighted by Crippen LogP contribution is -2.42. The molecule has 29 heavy (non-hydrogen) atoms. The van der Waals surface area contributed by atoms with Crippen LogP contribution in [0, 0.1) is 5.92 Å². The Kier molecular flexibility index (Phi) is 12.6. The summed E-state index contributed by atoms with van der Waals surface area (Å²) in [6, 6.07) is 10.2. The second-order valence-electron chi connectivity index (χ2n) is 7.13. The van der Waals surface area contributed by atoms with Crippen LogP contribution in [0.15, 0.2) is 47.7 Å². The number of aliphatic imine (C=N–C) groups is 1. The molecule has 162 valence electrons. The maximum Gasteiger partial charge on any atom is 0.191 e. The Labute approximate surface area is 191 Å². The summed E-state index contributed by atoms with van der Waals surface area (Å²) in [6.07, 6.45) is 3.16. The van der Waals surface area contributed by atoms with Gasteiger partial charge in [0.05, 0.1) is 25.8 Å². The minimum Gasteiger partial charge on any atom is -0.389 e. The van der Waals surface area contributed by atoms with E-state index in [0.29, 0.717) is 44.7 Å². The van der Waals surface area contributed by atoms with E-state index in [1.165, 1.54) is 5.56 Å². The topological polar surface area (TPSA) is 83.7 Å². The lowest BCUT2D eigenvalue weighted by molar-refractivity contribution is 0.0280. The van der Waals surface area contributed by atoms with Gasteiger partial charge in [-0.05, 0) is 30.0 Å². The summed E-state index contributed by atoms with van der Waals surface area (Å²) in [5, 5.41) is 20.8. The predicted octanol–water partition coefficient (Wildman–Crippen LogP) is 2.64. The zero-order chi connectivity index (χ0) is 20.2. The van der Waals surface area contributed by atoms with E-state index in [-0.39, 0.29) is 24.0 Å². The molecule has 0 fully saturated rings. The van der Waals surface area contributed by atoms with Gasteiger partial charge in [0.1, 0.15) is 0 Å². The third-order valence-corrected chi connectivity index (χ3v) is 4.03. The van der Waals surface area contributed by atoms with Gasteiger partial charge in [-0.15, -0.1) is 24.0 Å². The van der Waals surface area contributed by atoms with Gasteiger partial charge in [0.25, 0.3) is 0 Å². The second-order valence-corrected chi connectivity index (χ2v) is 7.13. The maximum atomic E-state index is 10.1. The van der Waals surface area contributed by atoms with Crippen molar-refractivity contribution in [1.29, 1.82) is 0 Å². The van der Waals surface area contributed by atoms with Crippen molar-refractivity contribution in [3.63, 3.8) is 0 Å². The van der Waals surface area contributed by atoms with Crippen LogP contribution in [-0.2, 0) is 17.8 Å². The van der Waals surface area contributed by atoms with Crippen LogP contribution in [0.5, 0.6) is 0 Å². The Morgan fingerprint density at radius 2 is 1.93 bits per heavy atom. The Morgan fingerprint density at radius 1 is 1.17 bits per heavy atom. The van der Waals surface area contributed by atoms with Crippen LogP contribution in [0.2, 0.25) is 0 Å². The fourth-order valence-corrected chi connectivity index (χ4v) is 2.65. The van der Waals surface area contributed by atoms with Crippen molar-refractivity contribution < 1.29 is 9.84 Å². The minimum absolute atomic E-state index is 0. The van der Waals surface area contributed by atoms with Crippen molar-refractivity contribution in [2.24, 2.45) is 10.9 Å². The van der Waals surface area contributed by atoms with E-state index in [9.17, 15) is 5.11 Å². The van der Waals surface area contributed by atoms with Crippen LogP contribution < -0.4 is 10.6 Å². The molecule has 1 aromatic heterocycles. The highest BCUT2D eigenvalue weighted by molar-refractivity contribution is 14.0. The molecule has 0 spiro atoms. The van der Waals surface area contributed by atoms with Crippen LogP contribution >= 0.6 is 24.0 Å². The summed E-state index contributed by atoms with van der Waals surface area (Å²) in [6.45, 7) is 9.57. The van der Waals surface area contributed by atoms with Crippen LogP contribution in [-0.4, -0.2) is 53.3 Å². The normalized spacial score (nSPS) is 12.5. The molecule has 0 bridgehead atoms. The summed E-state index contributed by atoms with van der Waals surface area (Å²) in [4.78, 5) is 4.67. The van der Waals surface area contributed by atoms with Gasteiger partial charge in [-0.2, -0.15) is 5.10 Å². The van der Waals surface area contributed by atoms with E-state index >= 15 is 0 Å². The van der Waals surface area contributed by atoms with Gasteiger partial charge >= 0.3 is 0 Å². The molecule has 1 aromatic carbocycles. The third-order valence-electron chi connectivity index (χ3n) is 4.03. The molecule has 3 N–H and O–H groups in total. The number of benzene rings is 1. The highest BCUT2D eigenvalue weighted by Gasteiger charge is 2.08. The molecule has 8 heteroatoms. The molecule has 0 aliphatic heterocycles. The number of guanidine groups is 1. The average molecular weight is 515 g/mol. The van der Waals surface area contributed by atoms with Gasteiger partial charge in [-0.25, -0.2) is 4.99 Å². The Balaban J connectivity index is 0.00000420. The molecule has 2 aromatic rings. The third kappa shape index (κ3) is 10.1. The Bertz CT molecular complexity index is 707. The monoisotopic (exact) mass is 515 g/mol. The number of nitrogens with zero attached hydrogens (tertiary/aromatic N) is 3. The van der Waals surface area contributed by atoms with Crippen molar-refractivity contribution in [2.45, 2.75) is 40.0 Å². The number of hydrogen-bond donors (Lipinski definition) is 3. The minimum atomic E-state index is -0.574. The van der Waals surface area contributed by atoms with E-state index in [2.05, 4.69) is 46.7 Å². The number of nitrogens with one attached hydrogen (secondary N) is 2. The van der Waals surface area contributed by atoms with E-state index in [0.717, 1.165) is 12.1 Å². The highest BCUT2D eigenvalue weighted by Crippen LogP contribution is 2.11. The van der Waals surface area contributed by atoms with Gasteiger partial charge in [0.2, 0.25) is 0 Å². The smallest absolute Gasteiger partial charge is 0.191 e. The molecular formula is C21H34IN5O2. The first-order valence-electron chi connectivity index (χ1n) is 9.90. The standard InChI is InChI=1S/C21H33N5O2.HI/c1-4-22-21(24-13-20(27)16-28-15-17(2)3)23-12-18-8-5-6-9-19(18)14-26-11-7-10-25-26;/h5-11,17,20,27H,4,12-16H2,1-3H3,(H2,22,23,24);1H. The summed E-state index contributed by atoms with van der Waals surface area (Å²) >= 11 is 0. The summed E-state index contributed by atoms with van der Waals surface area (Å²) in [7, 11) is 0. The lowest BCUT2D eigenvalue weighted by atomic mass is 10.1. The maximum absolute atomic E-state index is 10.1. The summed E-state index contributed by atoms with van der Waals surface area (Å²) in [5.74, 6) is 1.14. The van der Waals surface area contributed by atoms with Gasteiger partial charge in [0, 0.05) is 32.1 Å². The molecule has 1 heterocycles. The molecule has 0 amide bonds. The molecule has 0 aliphatic rings. The van der Waals surface area contributed by atoms with Crippen LogP contribution in [0.1, 0.15) is 31.9 Å². The fourth-order valence-electron chi connectivity index (χ4n) is 2.65. The van der Waals surface area contributed by atoms with Crippen LogP contribution in [0.4, 0.5) is 0 Å². The Morgan fingerprint density at radius 3 is 2.59 bits per heavy atom. The molecule has 0 saturated carbocycles. The van der Waals surface area contributed by atoms with E-state index in [1.54, 1.807) is 6.20 Å². The van der Waals surface area contributed by atoms with E-state index in [1.807, 2.05) is 36.0 Å². The first-order valence-corrected chi connectivity index (χ1v) is 9.90. The Hall–Kier alpha value is -1.65. The number of aliphatic hydroxyl groups excluding tert-OH is 1. The van der Waals surface area contributed by atoms with Gasteiger partial charge in [0.15, 0.2) is 5.96 Å². The molecule has 2 rings (SSSR count). The summed E-state index contributed by atoms with van der Waals surface area (Å²) < 4.78 is 7.39. The first-order chi connectivity index (χ1) is 13.6. The predicted molar refractivity (Wildman–Crippen MR) is 128 cm³/mol. The molecule has 1 atom stereocenters. The number of aromatic nitrogens is 2. The van der Waals surface area contributed by atoms with E-state index in [4.69, 9.17) is 4.74 Å². The number of aliphatic hydroxyl groups is 1. The number of rotatable bonds is 11.